The van der Waals surface area contributed by atoms with E-state index in [1.165, 1.54) is 12.1 Å². The molecule has 73 valence electrons. The molecule has 1 aromatic rings. The monoisotopic (exact) mass is 269 g/mol. The third-order valence-electron chi connectivity index (χ3n) is 2.31. The van der Waals surface area contributed by atoms with Crippen molar-refractivity contribution in [3.8, 4) is 0 Å². The van der Waals surface area contributed by atoms with E-state index in [1.807, 2.05) is 12.1 Å². The van der Waals surface area contributed by atoms with E-state index < -0.39 is 0 Å². The maximum absolute atomic E-state index is 12.6. The van der Waals surface area contributed by atoms with Crippen LogP contribution in [0, 0.1) is 5.82 Å². The molecule has 1 aliphatic rings. The van der Waals surface area contributed by atoms with Crippen molar-refractivity contribution in [3.63, 3.8) is 0 Å². The Kier molecular flexibility index (Phi) is 5.00. The fourth-order valence-electron chi connectivity index (χ4n) is 1.57. The molecule has 0 atom stereocenters. The molecule has 14 heavy (non-hydrogen) atoms. The summed E-state index contributed by atoms with van der Waals surface area (Å²) in [5, 5.41) is 3.28. The summed E-state index contributed by atoms with van der Waals surface area (Å²) < 4.78 is 12.6. The molecule has 1 N–H and O–H groups in total. The van der Waals surface area contributed by atoms with Gasteiger partial charge in [-0.05, 0) is 24.3 Å². The third kappa shape index (κ3) is 3.01. The molecule has 0 aliphatic carbocycles. The minimum Gasteiger partial charge on any atom is -0.369 e. The predicted octanol–water partition coefficient (Wildman–Crippen LogP) is 1.23. The van der Waals surface area contributed by atoms with Crippen LogP contribution >= 0.6 is 0 Å². The van der Waals surface area contributed by atoms with Crippen LogP contribution in [0.3, 0.4) is 0 Å². The van der Waals surface area contributed by atoms with E-state index in [0.29, 0.717) is 0 Å². The summed E-state index contributed by atoms with van der Waals surface area (Å²) in [4.78, 5) is 2.26. The average molecular weight is 269 g/mol. The number of anilines is 1. The van der Waals surface area contributed by atoms with Crippen LogP contribution in [0.1, 0.15) is 0 Å². The largest absolute Gasteiger partial charge is 0.369 e. The SMILES string of the molecule is Fc1ccc(N2CCNCC2)cc1.[Y]. The first-order valence-corrected chi connectivity index (χ1v) is 4.57. The predicted molar refractivity (Wildman–Crippen MR) is 51.5 cm³/mol. The number of rotatable bonds is 1. The van der Waals surface area contributed by atoms with E-state index in [-0.39, 0.29) is 38.5 Å². The number of hydrogen-bond donors (Lipinski definition) is 1. The summed E-state index contributed by atoms with van der Waals surface area (Å²) in [5.74, 6) is -0.168. The van der Waals surface area contributed by atoms with Crippen molar-refractivity contribution in [2.45, 2.75) is 0 Å². The molecule has 0 spiro atoms. The first-order chi connectivity index (χ1) is 6.36. The first-order valence-electron chi connectivity index (χ1n) is 4.57. The molecule has 0 bridgehead atoms. The Hall–Kier alpha value is 0.0139. The summed E-state index contributed by atoms with van der Waals surface area (Å²) in [6.07, 6.45) is 0. The Balaban J connectivity index is 0.000000980. The summed E-state index contributed by atoms with van der Waals surface area (Å²) in [6.45, 7) is 4.03. The maximum atomic E-state index is 12.6. The van der Waals surface area contributed by atoms with Crippen LogP contribution in [0.5, 0.6) is 0 Å². The number of nitrogens with zero attached hydrogens (tertiary/aromatic N) is 1. The Labute approximate surface area is 109 Å². The van der Waals surface area contributed by atoms with E-state index in [4.69, 9.17) is 0 Å². The van der Waals surface area contributed by atoms with Gasteiger partial charge in [-0.2, -0.15) is 0 Å². The summed E-state index contributed by atoms with van der Waals surface area (Å²) in [7, 11) is 0. The van der Waals surface area contributed by atoms with Gasteiger partial charge in [0.25, 0.3) is 0 Å². The van der Waals surface area contributed by atoms with E-state index in [9.17, 15) is 4.39 Å². The topological polar surface area (TPSA) is 15.3 Å². The van der Waals surface area contributed by atoms with Crippen molar-refractivity contribution in [1.29, 1.82) is 0 Å². The fourth-order valence-corrected chi connectivity index (χ4v) is 1.57. The molecule has 2 nitrogen and oxygen atoms in total. The number of benzene rings is 1. The Morgan fingerprint density at radius 2 is 1.64 bits per heavy atom. The van der Waals surface area contributed by atoms with Crippen LogP contribution in [0.15, 0.2) is 24.3 Å². The van der Waals surface area contributed by atoms with Gasteiger partial charge in [0.1, 0.15) is 5.82 Å². The van der Waals surface area contributed by atoms with Gasteiger partial charge in [-0.1, -0.05) is 0 Å². The molecule has 2 rings (SSSR count). The average Bonchev–Trinajstić information content (AvgIpc) is 2.20. The third-order valence-corrected chi connectivity index (χ3v) is 2.31. The van der Waals surface area contributed by atoms with E-state index in [2.05, 4.69) is 10.2 Å². The molecule has 0 saturated carbocycles. The second-order valence-electron chi connectivity index (χ2n) is 3.21. The van der Waals surface area contributed by atoms with Crippen LogP contribution in [-0.4, -0.2) is 26.2 Å². The standard InChI is InChI=1S/C10H13FN2.Y/c11-9-1-3-10(4-2-9)13-7-5-12-6-8-13;/h1-4,12H,5-8H2;. The smallest absolute Gasteiger partial charge is 0.123 e. The van der Waals surface area contributed by atoms with E-state index >= 15 is 0 Å². The quantitative estimate of drug-likeness (QED) is 0.825. The van der Waals surface area contributed by atoms with Gasteiger partial charge in [0.15, 0.2) is 0 Å². The Bertz CT molecular complexity index is 270. The number of halogens is 1. The number of hydrogen-bond acceptors (Lipinski definition) is 2. The molecule has 4 heteroatoms. The van der Waals surface area contributed by atoms with Gasteiger partial charge in [-0.3, -0.25) is 0 Å². The molecular formula is C10H13FN2Y. The number of piperazine rings is 1. The molecular weight excluding hydrogens is 256 g/mol. The zero-order valence-electron chi connectivity index (χ0n) is 8.04. The normalized spacial score (nSPS) is 16.2. The van der Waals surface area contributed by atoms with Crippen LogP contribution < -0.4 is 10.2 Å². The Morgan fingerprint density at radius 3 is 2.21 bits per heavy atom. The van der Waals surface area contributed by atoms with Gasteiger partial charge in [-0.15, -0.1) is 0 Å². The molecule has 1 heterocycles. The van der Waals surface area contributed by atoms with Crippen molar-refractivity contribution in [2.24, 2.45) is 0 Å². The second-order valence-corrected chi connectivity index (χ2v) is 3.21. The van der Waals surface area contributed by atoms with Crippen LogP contribution in [0.4, 0.5) is 10.1 Å². The van der Waals surface area contributed by atoms with Crippen molar-refractivity contribution in [3.05, 3.63) is 30.1 Å². The van der Waals surface area contributed by atoms with Crippen LogP contribution in [-0.2, 0) is 32.7 Å². The van der Waals surface area contributed by atoms with Gasteiger partial charge >= 0.3 is 0 Å². The van der Waals surface area contributed by atoms with Crippen molar-refractivity contribution < 1.29 is 37.1 Å². The molecule has 1 radical (unpaired) electrons. The molecule has 1 aliphatic heterocycles. The molecule has 0 amide bonds. The molecule has 1 fully saturated rings. The van der Waals surface area contributed by atoms with Crippen molar-refractivity contribution in [2.75, 3.05) is 31.1 Å². The summed E-state index contributed by atoms with van der Waals surface area (Å²) in [5.41, 5.74) is 1.11. The zero-order chi connectivity index (χ0) is 9.10. The summed E-state index contributed by atoms with van der Waals surface area (Å²) >= 11 is 0. The minimum atomic E-state index is -0.168. The Morgan fingerprint density at radius 1 is 1.07 bits per heavy atom. The minimum absolute atomic E-state index is 0. The van der Waals surface area contributed by atoms with Gasteiger partial charge in [0.05, 0.1) is 0 Å². The fraction of sp³-hybridized carbons (Fsp3) is 0.400. The van der Waals surface area contributed by atoms with Crippen LogP contribution in [0.2, 0.25) is 0 Å². The molecule has 0 aromatic heterocycles. The van der Waals surface area contributed by atoms with Gasteiger partial charge in [0.2, 0.25) is 0 Å². The second kappa shape index (κ2) is 5.79. The molecule has 1 aromatic carbocycles. The summed E-state index contributed by atoms with van der Waals surface area (Å²) in [6, 6.07) is 6.69. The van der Waals surface area contributed by atoms with E-state index in [1.54, 1.807) is 0 Å². The zero-order valence-corrected chi connectivity index (χ0v) is 10.9. The first kappa shape index (κ1) is 12.1. The van der Waals surface area contributed by atoms with Gasteiger partial charge < -0.3 is 10.2 Å². The maximum Gasteiger partial charge on any atom is 0.123 e. The molecule has 1 saturated heterocycles. The van der Waals surface area contributed by atoms with Crippen molar-refractivity contribution in [1.82, 2.24) is 5.32 Å². The van der Waals surface area contributed by atoms with Gasteiger partial charge in [0, 0.05) is 64.6 Å². The molecule has 0 unspecified atom stereocenters. The number of nitrogens with one attached hydrogen (secondary N) is 1. The van der Waals surface area contributed by atoms with Crippen LogP contribution in [0.25, 0.3) is 0 Å². The van der Waals surface area contributed by atoms with Crippen molar-refractivity contribution >= 4 is 5.69 Å². The van der Waals surface area contributed by atoms with Gasteiger partial charge in [-0.25, -0.2) is 4.39 Å². The van der Waals surface area contributed by atoms with E-state index in [0.717, 1.165) is 31.9 Å².